The number of para-hydroxylation sites is 2. The molecule has 0 aliphatic heterocycles. The molecule has 0 radical (unpaired) electrons. The average Bonchev–Trinajstić information content (AvgIpc) is 2.38. The van der Waals surface area contributed by atoms with Crippen LogP contribution in [0.4, 0.5) is 13.2 Å². The lowest BCUT2D eigenvalue weighted by molar-refractivity contribution is -0.108. The van der Waals surface area contributed by atoms with Crippen LogP contribution < -0.4 is 9.05 Å². The Hall–Kier alpha value is -1.94. The van der Waals surface area contributed by atoms with Crippen molar-refractivity contribution in [2.24, 2.45) is 0 Å². The molecular formula is C14H12F3O3P. The Morgan fingerprint density at radius 1 is 0.810 bits per heavy atom. The fourth-order valence-corrected chi connectivity index (χ4v) is 3.08. The van der Waals surface area contributed by atoms with Gasteiger partial charge in [-0.15, -0.1) is 0 Å². The lowest BCUT2D eigenvalue weighted by Gasteiger charge is -2.21. The van der Waals surface area contributed by atoms with E-state index in [4.69, 9.17) is 9.05 Å². The zero-order valence-corrected chi connectivity index (χ0v) is 11.7. The van der Waals surface area contributed by atoms with Gasteiger partial charge in [0.15, 0.2) is 6.16 Å². The van der Waals surface area contributed by atoms with E-state index in [0.29, 0.717) is 0 Å². The van der Waals surface area contributed by atoms with Gasteiger partial charge < -0.3 is 9.05 Å². The molecular weight excluding hydrogens is 304 g/mol. The van der Waals surface area contributed by atoms with E-state index in [-0.39, 0.29) is 11.5 Å². The molecule has 0 saturated carbocycles. The number of rotatable bonds is 5. The maximum atomic E-state index is 12.6. The zero-order chi connectivity index (χ0) is 15.3. The highest BCUT2D eigenvalue weighted by Crippen LogP contribution is 2.51. The Bertz CT molecular complexity index is 569. The van der Waals surface area contributed by atoms with Crippen molar-refractivity contribution >= 4 is 7.60 Å². The number of halogens is 3. The second kappa shape index (κ2) is 6.22. The van der Waals surface area contributed by atoms with E-state index in [1.807, 2.05) is 0 Å². The van der Waals surface area contributed by atoms with Crippen molar-refractivity contribution in [1.82, 2.24) is 0 Å². The number of alkyl halides is 3. The van der Waals surface area contributed by atoms with Crippen molar-refractivity contribution in [3.05, 3.63) is 60.7 Å². The van der Waals surface area contributed by atoms with Crippen molar-refractivity contribution in [2.45, 2.75) is 6.18 Å². The van der Waals surface area contributed by atoms with E-state index in [9.17, 15) is 17.7 Å². The van der Waals surface area contributed by atoms with Gasteiger partial charge in [0.2, 0.25) is 0 Å². The summed E-state index contributed by atoms with van der Waals surface area (Å²) in [6, 6.07) is 15.2. The molecule has 21 heavy (non-hydrogen) atoms. The van der Waals surface area contributed by atoms with Gasteiger partial charge in [0, 0.05) is 0 Å². The second-order valence-electron chi connectivity index (χ2n) is 4.19. The molecule has 0 N–H and O–H groups in total. The van der Waals surface area contributed by atoms with Gasteiger partial charge in [-0.1, -0.05) is 36.4 Å². The van der Waals surface area contributed by atoms with Crippen LogP contribution >= 0.6 is 7.60 Å². The van der Waals surface area contributed by atoms with E-state index in [1.54, 1.807) is 36.4 Å². The normalized spacial score (nSPS) is 12.0. The molecule has 0 bridgehead atoms. The molecule has 112 valence electrons. The van der Waals surface area contributed by atoms with Crippen molar-refractivity contribution in [3.63, 3.8) is 0 Å². The lowest BCUT2D eigenvalue weighted by atomic mass is 10.3. The molecule has 2 aromatic carbocycles. The molecule has 0 unspecified atom stereocenters. The minimum absolute atomic E-state index is 0.0565. The molecule has 0 aromatic heterocycles. The largest absolute Gasteiger partial charge is 0.439 e. The minimum Gasteiger partial charge on any atom is -0.416 e. The standard InChI is InChI=1S/C14H12F3O3P/c15-14(16,17)11-21(18,19-12-7-3-1-4-8-12)20-13-9-5-2-6-10-13/h1-10H,11H2. The molecule has 0 amide bonds. The van der Waals surface area contributed by atoms with Gasteiger partial charge in [-0.25, -0.2) is 4.57 Å². The zero-order valence-electron chi connectivity index (χ0n) is 10.8. The summed E-state index contributed by atoms with van der Waals surface area (Å²) in [5.41, 5.74) is 0. The first-order valence-corrected chi connectivity index (χ1v) is 7.74. The van der Waals surface area contributed by atoms with Gasteiger partial charge in [-0.05, 0) is 24.3 Å². The Balaban J connectivity index is 2.24. The van der Waals surface area contributed by atoms with Crippen LogP contribution in [0.15, 0.2) is 60.7 Å². The smallest absolute Gasteiger partial charge is 0.416 e. The van der Waals surface area contributed by atoms with Crippen LogP contribution in [-0.2, 0) is 4.57 Å². The van der Waals surface area contributed by atoms with Gasteiger partial charge in [-0.3, -0.25) is 0 Å². The van der Waals surface area contributed by atoms with Crippen LogP contribution in [0.25, 0.3) is 0 Å². The Morgan fingerprint density at radius 3 is 1.52 bits per heavy atom. The first-order valence-electron chi connectivity index (χ1n) is 6.01. The quantitative estimate of drug-likeness (QED) is 0.736. The third-order valence-electron chi connectivity index (χ3n) is 2.35. The molecule has 3 nitrogen and oxygen atoms in total. The Kier molecular flexibility index (Phi) is 4.58. The molecule has 0 atom stereocenters. The molecule has 0 aliphatic rings. The molecule has 0 saturated heterocycles. The van der Waals surface area contributed by atoms with Crippen LogP contribution in [0.1, 0.15) is 0 Å². The molecule has 0 heterocycles. The first-order chi connectivity index (χ1) is 9.86. The van der Waals surface area contributed by atoms with Gasteiger partial charge in [-0.2, -0.15) is 13.2 Å². The summed E-state index contributed by atoms with van der Waals surface area (Å²) in [5, 5.41) is 0. The highest BCUT2D eigenvalue weighted by atomic mass is 31.2. The first kappa shape index (κ1) is 15.4. The molecule has 0 aliphatic carbocycles. The van der Waals surface area contributed by atoms with Crippen LogP contribution in [0.2, 0.25) is 0 Å². The second-order valence-corrected chi connectivity index (χ2v) is 6.10. The van der Waals surface area contributed by atoms with Gasteiger partial charge in [0.05, 0.1) is 0 Å². The molecule has 2 rings (SSSR count). The van der Waals surface area contributed by atoms with Crippen LogP contribution in [0.3, 0.4) is 0 Å². The highest BCUT2D eigenvalue weighted by molar-refractivity contribution is 7.54. The van der Waals surface area contributed by atoms with Crippen molar-refractivity contribution in [1.29, 1.82) is 0 Å². The number of benzene rings is 2. The summed E-state index contributed by atoms with van der Waals surface area (Å²) >= 11 is 0. The number of hydrogen-bond donors (Lipinski definition) is 0. The predicted molar refractivity (Wildman–Crippen MR) is 72.7 cm³/mol. The van der Waals surface area contributed by atoms with Crippen molar-refractivity contribution < 1.29 is 26.8 Å². The van der Waals surface area contributed by atoms with Gasteiger partial charge in [0.25, 0.3) is 0 Å². The molecule has 7 heteroatoms. The average molecular weight is 316 g/mol. The van der Waals surface area contributed by atoms with Gasteiger partial charge >= 0.3 is 13.8 Å². The van der Waals surface area contributed by atoms with Crippen LogP contribution in [0, 0.1) is 0 Å². The van der Waals surface area contributed by atoms with E-state index in [2.05, 4.69) is 0 Å². The third kappa shape index (κ3) is 5.16. The summed E-state index contributed by atoms with van der Waals surface area (Å²) in [5.74, 6) is 0.113. The maximum Gasteiger partial charge on any atom is 0.439 e. The van der Waals surface area contributed by atoms with E-state index in [1.165, 1.54) is 24.3 Å². The Labute approximate surface area is 119 Å². The SMILES string of the molecule is O=P(CC(F)(F)F)(Oc1ccccc1)Oc1ccccc1. The predicted octanol–water partition coefficient (Wildman–Crippen LogP) is 4.90. The van der Waals surface area contributed by atoms with Crippen LogP contribution in [-0.4, -0.2) is 12.3 Å². The Morgan fingerprint density at radius 2 is 1.19 bits per heavy atom. The third-order valence-corrected chi connectivity index (χ3v) is 4.07. The highest BCUT2D eigenvalue weighted by Gasteiger charge is 2.43. The van der Waals surface area contributed by atoms with E-state index in [0.717, 1.165) is 0 Å². The van der Waals surface area contributed by atoms with E-state index < -0.39 is 19.9 Å². The topological polar surface area (TPSA) is 35.5 Å². The van der Waals surface area contributed by atoms with Crippen LogP contribution in [0.5, 0.6) is 11.5 Å². The molecule has 0 fully saturated rings. The molecule has 2 aromatic rings. The maximum absolute atomic E-state index is 12.6. The molecule has 0 spiro atoms. The fraction of sp³-hybridized carbons (Fsp3) is 0.143. The monoisotopic (exact) mass is 316 g/mol. The fourth-order valence-electron chi connectivity index (χ4n) is 1.59. The van der Waals surface area contributed by atoms with Crippen molar-refractivity contribution in [3.8, 4) is 11.5 Å². The van der Waals surface area contributed by atoms with Gasteiger partial charge in [0.1, 0.15) is 11.5 Å². The summed E-state index contributed by atoms with van der Waals surface area (Å²) < 4.78 is 60.3. The van der Waals surface area contributed by atoms with Crippen molar-refractivity contribution in [2.75, 3.05) is 6.16 Å². The summed E-state index contributed by atoms with van der Waals surface area (Å²) in [7, 11) is -4.41. The summed E-state index contributed by atoms with van der Waals surface area (Å²) in [6.45, 7) is 0. The summed E-state index contributed by atoms with van der Waals surface area (Å²) in [4.78, 5) is 0. The number of hydrogen-bond acceptors (Lipinski definition) is 3. The lowest BCUT2D eigenvalue weighted by Crippen LogP contribution is -2.19. The minimum atomic E-state index is -4.67. The summed E-state index contributed by atoms with van der Waals surface area (Å²) in [6.07, 6.45) is -6.33. The van der Waals surface area contributed by atoms with E-state index >= 15 is 0 Å².